The molecule has 1 aliphatic carbocycles. The van der Waals surface area contributed by atoms with Gasteiger partial charge in [-0.3, -0.25) is 9.69 Å². The van der Waals surface area contributed by atoms with E-state index in [9.17, 15) is 9.90 Å². The summed E-state index contributed by atoms with van der Waals surface area (Å²) in [6.45, 7) is 4.62. The van der Waals surface area contributed by atoms with Gasteiger partial charge in [-0.25, -0.2) is 0 Å². The first-order valence-electron chi connectivity index (χ1n) is 10.7. The molecule has 1 aromatic carbocycles. The maximum atomic E-state index is 12.5. The zero-order valence-electron chi connectivity index (χ0n) is 17.1. The SMILES string of the molecule is CCc1cc(C(=O)N[C@H]2C[C@H]3CN(Cc4cc5ccccc5o4)C[C@H]3C[C@@H]2O)no1. The Morgan fingerprint density at radius 2 is 2.00 bits per heavy atom. The molecule has 3 aromatic rings. The van der Waals surface area contributed by atoms with Crippen LogP contribution in [-0.2, 0) is 13.0 Å². The number of aromatic nitrogens is 1. The number of carbonyl (C=O) groups excluding carboxylic acids is 1. The van der Waals surface area contributed by atoms with E-state index in [0.29, 0.717) is 30.4 Å². The van der Waals surface area contributed by atoms with Crippen molar-refractivity contribution in [2.24, 2.45) is 11.8 Å². The molecular weight excluding hydrogens is 382 g/mol. The number of fused-ring (bicyclic) bond motifs is 2. The smallest absolute Gasteiger partial charge is 0.273 e. The Labute approximate surface area is 175 Å². The molecule has 1 saturated carbocycles. The first kappa shape index (κ1) is 19.3. The second-order valence-corrected chi connectivity index (χ2v) is 8.62. The summed E-state index contributed by atoms with van der Waals surface area (Å²) in [6, 6.07) is 11.6. The molecule has 7 heteroatoms. The van der Waals surface area contributed by atoms with Gasteiger partial charge in [-0.1, -0.05) is 30.3 Å². The zero-order valence-corrected chi connectivity index (χ0v) is 17.1. The van der Waals surface area contributed by atoms with Gasteiger partial charge in [0.05, 0.1) is 18.7 Å². The lowest BCUT2D eigenvalue weighted by Crippen LogP contribution is -2.49. The number of nitrogens with zero attached hydrogens (tertiary/aromatic N) is 2. The molecule has 2 fully saturated rings. The van der Waals surface area contributed by atoms with Crippen molar-refractivity contribution in [3.05, 3.63) is 53.6 Å². The predicted octanol–water partition coefficient (Wildman–Crippen LogP) is 2.98. The van der Waals surface area contributed by atoms with E-state index < -0.39 is 6.10 Å². The van der Waals surface area contributed by atoms with E-state index >= 15 is 0 Å². The Morgan fingerprint density at radius 3 is 2.77 bits per heavy atom. The van der Waals surface area contributed by atoms with Crippen LogP contribution in [0.4, 0.5) is 0 Å². The molecule has 158 valence electrons. The Kier molecular flexibility index (Phi) is 5.08. The third-order valence-electron chi connectivity index (χ3n) is 6.53. The molecule has 30 heavy (non-hydrogen) atoms. The van der Waals surface area contributed by atoms with Crippen LogP contribution in [0.5, 0.6) is 0 Å². The van der Waals surface area contributed by atoms with Gasteiger partial charge in [0.15, 0.2) is 5.69 Å². The minimum Gasteiger partial charge on any atom is -0.460 e. The maximum Gasteiger partial charge on any atom is 0.273 e. The van der Waals surface area contributed by atoms with E-state index in [2.05, 4.69) is 27.5 Å². The summed E-state index contributed by atoms with van der Waals surface area (Å²) in [6.07, 6.45) is 1.62. The van der Waals surface area contributed by atoms with Gasteiger partial charge in [-0.2, -0.15) is 0 Å². The molecule has 0 bridgehead atoms. The molecule has 1 amide bonds. The van der Waals surface area contributed by atoms with Gasteiger partial charge in [-0.05, 0) is 36.8 Å². The van der Waals surface area contributed by atoms with Crippen molar-refractivity contribution in [2.45, 2.75) is 44.9 Å². The monoisotopic (exact) mass is 409 g/mol. The molecule has 0 radical (unpaired) electrons. The average Bonchev–Trinajstić information content (AvgIpc) is 3.45. The maximum absolute atomic E-state index is 12.5. The van der Waals surface area contributed by atoms with Crippen LogP contribution in [-0.4, -0.2) is 46.3 Å². The van der Waals surface area contributed by atoms with Crippen LogP contribution in [0.15, 0.2) is 45.3 Å². The van der Waals surface area contributed by atoms with Gasteiger partial charge >= 0.3 is 0 Å². The Morgan fingerprint density at radius 1 is 1.20 bits per heavy atom. The van der Waals surface area contributed by atoms with Gasteiger partial charge in [0.1, 0.15) is 17.1 Å². The first-order chi connectivity index (χ1) is 14.6. The largest absolute Gasteiger partial charge is 0.460 e. The molecule has 2 aromatic heterocycles. The van der Waals surface area contributed by atoms with Crippen molar-refractivity contribution in [3.8, 4) is 0 Å². The number of benzene rings is 1. The number of hydrogen-bond donors (Lipinski definition) is 2. The zero-order chi connectivity index (χ0) is 20.7. The summed E-state index contributed by atoms with van der Waals surface area (Å²) < 4.78 is 11.1. The number of hydrogen-bond acceptors (Lipinski definition) is 6. The number of rotatable bonds is 5. The van der Waals surface area contributed by atoms with Crippen molar-refractivity contribution < 1.29 is 18.8 Å². The molecule has 1 aliphatic heterocycles. The average molecular weight is 409 g/mol. The summed E-state index contributed by atoms with van der Waals surface area (Å²) in [5.41, 5.74) is 1.19. The van der Waals surface area contributed by atoms with Crippen molar-refractivity contribution >= 4 is 16.9 Å². The quantitative estimate of drug-likeness (QED) is 0.673. The molecule has 7 nitrogen and oxygen atoms in total. The Hall–Kier alpha value is -2.64. The third-order valence-corrected chi connectivity index (χ3v) is 6.53. The first-order valence-corrected chi connectivity index (χ1v) is 10.7. The fourth-order valence-corrected chi connectivity index (χ4v) is 4.98. The summed E-state index contributed by atoms with van der Waals surface area (Å²) in [5, 5.41) is 18.6. The number of amides is 1. The minimum atomic E-state index is -0.543. The topological polar surface area (TPSA) is 91.7 Å². The van der Waals surface area contributed by atoms with E-state index in [0.717, 1.165) is 42.8 Å². The van der Waals surface area contributed by atoms with Gasteiger partial charge in [0, 0.05) is 31.0 Å². The molecule has 1 saturated heterocycles. The van der Waals surface area contributed by atoms with E-state index in [-0.39, 0.29) is 17.6 Å². The number of aryl methyl sites for hydroxylation is 1. The number of furan rings is 1. The van der Waals surface area contributed by atoms with Crippen LogP contribution in [0, 0.1) is 11.8 Å². The highest BCUT2D eigenvalue weighted by atomic mass is 16.5. The van der Waals surface area contributed by atoms with Gasteiger partial charge in [0.2, 0.25) is 0 Å². The van der Waals surface area contributed by atoms with Crippen LogP contribution >= 0.6 is 0 Å². The van der Waals surface area contributed by atoms with Crippen LogP contribution in [0.25, 0.3) is 11.0 Å². The van der Waals surface area contributed by atoms with Crippen LogP contribution in [0.2, 0.25) is 0 Å². The normalized spacial score (nSPS) is 26.7. The van der Waals surface area contributed by atoms with Gasteiger partial charge in [0.25, 0.3) is 5.91 Å². The molecular formula is C23H27N3O4. The Balaban J connectivity index is 1.21. The molecule has 0 unspecified atom stereocenters. The van der Waals surface area contributed by atoms with Crippen LogP contribution < -0.4 is 5.32 Å². The molecule has 3 heterocycles. The van der Waals surface area contributed by atoms with E-state index in [4.69, 9.17) is 8.94 Å². The van der Waals surface area contributed by atoms with Crippen LogP contribution in [0.3, 0.4) is 0 Å². The number of likely N-dealkylation sites (tertiary alicyclic amines) is 1. The van der Waals surface area contributed by atoms with E-state index in [1.165, 1.54) is 0 Å². The highest BCUT2D eigenvalue weighted by Gasteiger charge is 2.42. The number of para-hydroxylation sites is 1. The predicted molar refractivity (Wildman–Crippen MR) is 111 cm³/mol. The molecule has 4 atom stereocenters. The van der Waals surface area contributed by atoms with E-state index in [1.807, 2.05) is 25.1 Å². The summed E-state index contributed by atoms with van der Waals surface area (Å²) in [5.74, 6) is 2.26. The lowest BCUT2D eigenvalue weighted by molar-refractivity contribution is 0.0458. The second-order valence-electron chi connectivity index (χ2n) is 8.62. The molecule has 2 N–H and O–H groups in total. The summed E-state index contributed by atoms with van der Waals surface area (Å²) in [4.78, 5) is 14.9. The summed E-state index contributed by atoms with van der Waals surface area (Å²) >= 11 is 0. The van der Waals surface area contributed by atoms with Gasteiger partial charge in [-0.15, -0.1) is 0 Å². The number of carbonyl (C=O) groups is 1. The number of nitrogens with one attached hydrogen (secondary N) is 1. The van der Waals surface area contributed by atoms with Gasteiger partial charge < -0.3 is 19.4 Å². The molecule has 5 rings (SSSR count). The van der Waals surface area contributed by atoms with Crippen molar-refractivity contribution in [1.82, 2.24) is 15.4 Å². The van der Waals surface area contributed by atoms with Crippen LogP contribution in [0.1, 0.15) is 41.8 Å². The lowest BCUT2D eigenvalue weighted by atomic mass is 9.77. The fraction of sp³-hybridized carbons (Fsp3) is 0.478. The van der Waals surface area contributed by atoms with E-state index in [1.54, 1.807) is 6.07 Å². The fourth-order valence-electron chi connectivity index (χ4n) is 4.98. The number of aliphatic hydroxyl groups is 1. The standard InChI is InChI=1S/C23H27N3O4/c1-2-17-10-20(25-30-17)23(28)24-19-8-15-11-26(12-16(15)9-21(19)27)13-18-7-14-5-3-4-6-22(14)29-18/h3-7,10,15-16,19,21,27H,2,8-9,11-13H2,1H3,(H,24,28)/t15-,16+,19-,21-/m0/s1. The van der Waals surface area contributed by atoms with Crippen molar-refractivity contribution in [1.29, 1.82) is 0 Å². The summed E-state index contributed by atoms with van der Waals surface area (Å²) in [7, 11) is 0. The van der Waals surface area contributed by atoms with Crippen molar-refractivity contribution in [2.75, 3.05) is 13.1 Å². The Bertz CT molecular complexity index is 1010. The van der Waals surface area contributed by atoms with Crippen molar-refractivity contribution in [3.63, 3.8) is 0 Å². The second kappa shape index (κ2) is 7.89. The molecule has 2 aliphatic rings. The molecule has 0 spiro atoms. The highest BCUT2D eigenvalue weighted by Crippen LogP contribution is 2.37. The highest BCUT2D eigenvalue weighted by molar-refractivity contribution is 5.92. The minimum absolute atomic E-state index is 0.258. The number of aliphatic hydroxyl groups excluding tert-OH is 1. The lowest BCUT2D eigenvalue weighted by Gasteiger charge is -2.35. The third kappa shape index (κ3) is 3.75.